The molecule has 2 N–H and O–H groups in total. The van der Waals surface area contributed by atoms with Crippen LogP contribution in [0.4, 0.5) is 0 Å². The molecular formula is C9H18N2O. The first kappa shape index (κ1) is 9.52. The van der Waals surface area contributed by atoms with E-state index in [4.69, 9.17) is 5.73 Å². The van der Waals surface area contributed by atoms with E-state index in [1.54, 1.807) is 0 Å². The lowest BCUT2D eigenvalue weighted by molar-refractivity contribution is -0.131. The lowest BCUT2D eigenvalue weighted by Crippen LogP contribution is -2.36. The second-order valence-corrected chi connectivity index (χ2v) is 3.76. The molecule has 3 heteroatoms. The first-order chi connectivity index (χ1) is 5.61. The van der Waals surface area contributed by atoms with Gasteiger partial charge in [0.05, 0.1) is 0 Å². The second-order valence-electron chi connectivity index (χ2n) is 3.76. The van der Waals surface area contributed by atoms with Crippen LogP contribution >= 0.6 is 0 Å². The van der Waals surface area contributed by atoms with Crippen molar-refractivity contribution in [2.75, 3.05) is 6.54 Å². The van der Waals surface area contributed by atoms with E-state index in [-0.39, 0.29) is 11.9 Å². The van der Waals surface area contributed by atoms with Crippen molar-refractivity contribution in [2.24, 2.45) is 5.73 Å². The predicted octanol–water partition coefficient (Wildman–Crippen LogP) is 0.735. The Balaban J connectivity index is 2.41. The Labute approximate surface area is 73.9 Å². The van der Waals surface area contributed by atoms with Crippen LogP contribution in [0.2, 0.25) is 0 Å². The molecular weight excluding hydrogens is 152 g/mol. The lowest BCUT2D eigenvalue weighted by atomic mass is 10.2. The van der Waals surface area contributed by atoms with Crippen molar-refractivity contribution in [1.29, 1.82) is 0 Å². The van der Waals surface area contributed by atoms with Gasteiger partial charge in [-0.05, 0) is 26.7 Å². The minimum atomic E-state index is -0.00898. The molecule has 1 aliphatic rings. The fourth-order valence-electron chi connectivity index (χ4n) is 1.70. The normalized spacial score (nSPS) is 25.9. The van der Waals surface area contributed by atoms with Crippen molar-refractivity contribution in [3.05, 3.63) is 0 Å². The second kappa shape index (κ2) is 3.90. The Morgan fingerprint density at radius 2 is 2.42 bits per heavy atom. The van der Waals surface area contributed by atoms with E-state index in [0.717, 1.165) is 19.4 Å². The van der Waals surface area contributed by atoms with Gasteiger partial charge >= 0.3 is 0 Å². The largest absolute Gasteiger partial charge is 0.340 e. The van der Waals surface area contributed by atoms with Gasteiger partial charge in [0, 0.05) is 25.0 Å². The van der Waals surface area contributed by atoms with E-state index < -0.39 is 0 Å². The number of nitrogens with two attached hydrogens (primary N) is 1. The molecule has 70 valence electrons. The SMILES string of the molecule is CC(N)CC(=O)N1CCCC1C. The molecule has 0 spiro atoms. The van der Waals surface area contributed by atoms with Crippen molar-refractivity contribution < 1.29 is 4.79 Å². The van der Waals surface area contributed by atoms with Crippen LogP contribution in [-0.2, 0) is 4.79 Å². The third kappa shape index (κ3) is 2.21. The number of likely N-dealkylation sites (tertiary alicyclic amines) is 1. The molecule has 0 aromatic rings. The molecule has 0 aliphatic carbocycles. The fourth-order valence-corrected chi connectivity index (χ4v) is 1.70. The standard InChI is InChI=1S/C9H18N2O/c1-7(10)6-9(12)11-5-3-4-8(11)2/h7-8H,3-6,10H2,1-2H3. The molecule has 1 amide bonds. The van der Waals surface area contributed by atoms with Crippen LogP contribution in [0.5, 0.6) is 0 Å². The summed E-state index contributed by atoms with van der Waals surface area (Å²) in [6, 6.07) is 0.418. The highest BCUT2D eigenvalue weighted by atomic mass is 16.2. The van der Waals surface area contributed by atoms with Crippen LogP contribution in [-0.4, -0.2) is 29.4 Å². The Hall–Kier alpha value is -0.570. The maximum absolute atomic E-state index is 11.5. The van der Waals surface area contributed by atoms with Crippen molar-refractivity contribution >= 4 is 5.91 Å². The van der Waals surface area contributed by atoms with E-state index >= 15 is 0 Å². The third-order valence-corrected chi connectivity index (χ3v) is 2.37. The molecule has 0 bridgehead atoms. The molecule has 1 saturated heterocycles. The number of nitrogens with zero attached hydrogens (tertiary/aromatic N) is 1. The van der Waals surface area contributed by atoms with Crippen molar-refractivity contribution in [2.45, 2.75) is 45.2 Å². The molecule has 12 heavy (non-hydrogen) atoms. The van der Waals surface area contributed by atoms with Crippen molar-refractivity contribution in [3.63, 3.8) is 0 Å². The summed E-state index contributed by atoms with van der Waals surface area (Å²) in [7, 11) is 0. The number of rotatable bonds is 2. The summed E-state index contributed by atoms with van der Waals surface area (Å²) >= 11 is 0. The first-order valence-corrected chi connectivity index (χ1v) is 4.66. The average molecular weight is 170 g/mol. The Kier molecular flexibility index (Phi) is 3.09. The monoisotopic (exact) mass is 170 g/mol. The highest BCUT2D eigenvalue weighted by Crippen LogP contribution is 2.17. The zero-order chi connectivity index (χ0) is 9.14. The number of hydrogen-bond acceptors (Lipinski definition) is 2. The molecule has 0 aromatic carbocycles. The van der Waals surface area contributed by atoms with E-state index in [9.17, 15) is 4.79 Å². The van der Waals surface area contributed by atoms with Gasteiger partial charge in [-0.3, -0.25) is 4.79 Å². The molecule has 0 aromatic heterocycles. The van der Waals surface area contributed by atoms with Gasteiger partial charge in [-0.15, -0.1) is 0 Å². The predicted molar refractivity (Wildman–Crippen MR) is 48.7 cm³/mol. The van der Waals surface area contributed by atoms with Crippen LogP contribution in [0.3, 0.4) is 0 Å². The summed E-state index contributed by atoms with van der Waals surface area (Å²) in [5.41, 5.74) is 5.56. The maximum Gasteiger partial charge on any atom is 0.224 e. The fraction of sp³-hybridized carbons (Fsp3) is 0.889. The highest BCUT2D eigenvalue weighted by molar-refractivity contribution is 5.77. The van der Waals surface area contributed by atoms with Crippen LogP contribution in [0.15, 0.2) is 0 Å². The molecule has 1 rings (SSSR count). The van der Waals surface area contributed by atoms with Gasteiger partial charge in [0.1, 0.15) is 0 Å². The van der Waals surface area contributed by atoms with Gasteiger partial charge in [0.25, 0.3) is 0 Å². The zero-order valence-electron chi connectivity index (χ0n) is 7.92. The lowest BCUT2D eigenvalue weighted by Gasteiger charge is -2.22. The van der Waals surface area contributed by atoms with Gasteiger partial charge in [0.2, 0.25) is 5.91 Å². The summed E-state index contributed by atoms with van der Waals surface area (Å²) in [5.74, 6) is 0.218. The van der Waals surface area contributed by atoms with Crippen LogP contribution < -0.4 is 5.73 Å². The highest BCUT2D eigenvalue weighted by Gasteiger charge is 2.24. The van der Waals surface area contributed by atoms with Crippen LogP contribution in [0, 0.1) is 0 Å². The minimum absolute atomic E-state index is 0.00898. The summed E-state index contributed by atoms with van der Waals surface area (Å²) in [4.78, 5) is 13.5. The first-order valence-electron chi connectivity index (χ1n) is 4.66. The van der Waals surface area contributed by atoms with Crippen LogP contribution in [0.25, 0.3) is 0 Å². The molecule has 1 fully saturated rings. The molecule has 2 unspecified atom stereocenters. The van der Waals surface area contributed by atoms with Crippen molar-refractivity contribution in [1.82, 2.24) is 4.90 Å². The Morgan fingerprint density at radius 3 is 2.83 bits per heavy atom. The third-order valence-electron chi connectivity index (χ3n) is 2.37. The topological polar surface area (TPSA) is 46.3 Å². The summed E-state index contributed by atoms with van der Waals surface area (Å²) in [6.45, 7) is 4.90. The van der Waals surface area contributed by atoms with Gasteiger partial charge in [0.15, 0.2) is 0 Å². The molecule has 0 radical (unpaired) electrons. The maximum atomic E-state index is 11.5. The molecule has 2 atom stereocenters. The number of amides is 1. The van der Waals surface area contributed by atoms with Gasteiger partial charge in [-0.1, -0.05) is 0 Å². The smallest absolute Gasteiger partial charge is 0.224 e. The molecule has 1 aliphatic heterocycles. The summed E-state index contributed by atoms with van der Waals surface area (Å²) < 4.78 is 0. The van der Waals surface area contributed by atoms with Crippen LogP contribution in [0.1, 0.15) is 33.1 Å². The average Bonchev–Trinajstić information content (AvgIpc) is 2.33. The van der Waals surface area contributed by atoms with E-state index in [1.165, 1.54) is 0 Å². The molecule has 0 saturated carbocycles. The molecule has 3 nitrogen and oxygen atoms in total. The zero-order valence-corrected chi connectivity index (χ0v) is 7.92. The van der Waals surface area contributed by atoms with E-state index in [2.05, 4.69) is 6.92 Å². The van der Waals surface area contributed by atoms with Crippen molar-refractivity contribution in [3.8, 4) is 0 Å². The number of carbonyl (C=O) groups is 1. The molecule has 1 heterocycles. The Bertz CT molecular complexity index is 168. The van der Waals surface area contributed by atoms with E-state index in [0.29, 0.717) is 12.5 Å². The van der Waals surface area contributed by atoms with Gasteiger partial charge < -0.3 is 10.6 Å². The summed E-state index contributed by atoms with van der Waals surface area (Å²) in [5, 5.41) is 0. The number of hydrogen-bond donors (Lipinski definition) is 1. The summed E-state index contributed by atoms with van der Waals surface area (Å²) in [6.07, 6.45) is 2.78. The minimum Gasteiger partial charge on any atom is -0.340 e. The number of carbonyl (C=O) groups excluding carboxylic acids is 1. The van der Waals surface area contributed by atoms with E-state index in [1.807, 2.05) is 11.8 Å². The van der Waals surface area contributed by atoms with Gasteiger partial charge in [-0.25, -0.2) is 0 Å². The Morgan fingerprint density at radius 1 is 1.75 bits per heavy atom. The van der Waals surface area contributed by atoms with Gasteiger partial charge in [-0.2, -0.15) is 0 Å². The quantitative estimate of drug-likeness (QED) is 0.664.